The highest BCUT2D eigenvalue weighted by atomic mass is 16.1. The van der Waals surface area contributed by atoms with Crippen molar-refractivity contribution in [2.24, 2.45) is 5.41 Å². The van der Waals surface area contributed by atoms with E-state index in [1.807, 2.05) is 0 Å². The van der Waals surface area contributed by atoms with E-state index in [-0.39, 0.29) is 5.91 Å². The minimum absolute atomic E-state index is 0.148. The molecule has 1 unspecified atom stereocenters. The summed E-state index contributed by atoms with van der Waals surface area (Å²) in [5, 5.41) is 3.10. The van der Waals surface area contributed by atoms with Gasteiger partial charge in [0.15, 0.2) is 0 Å². The third-order valence-corrected chi connectivity index (χ3v) is 3.90. The van der Waals surface area contributed by atoms with Crippen LogP contribution in [0.5, 0.6) is 0 Å². The molecule has 0 radical (unpaired) electrons. The van der Waals surface area contributed by atoms with Crippen LogP contribution in [0.2, 0.25) is 0 Å². The highest BCUT2D eigenvalue weighted by molar-refractivity contribution is 5.73. The van der Waals surface area contributed by atoms with Gasteiger partial charge in [0.25, 0.3) is 0 Å². The lowest BCUT2D eigenvalue weighted by atomic mass is 9.57. The Labute approximate surface area is 80.1 Å². The van der Waals surface area contributed by atoms with E-state index >= 15 is 0 Å². The second kappa shape index (κ2) is 3.32. The molecule has 1 N–H and O–H groups in total. The zero-order valence-corrected chi connectivity index (χ0v) is 8.44. The summed E-state index contributed by atoms with van der Waals surface area (Å²) in [4.78, 5) is 11.0. The van der Waals surface area contributed by atoms with Gasteiger partial charge >= 0.3 is 0 Å². The Morgan fingerprint density at radius 1 is 1.23 bits per heavy atom. The monoisotopic (exact) mass is 181 g/mol. The third-order valence-electron chi connectivity index (χ3n) is 3.90. The molecule has 2 aliphatic carbocycles. The van der Waals surface area contributed by atoms with Gasteiger partial charge in [-0.25, -0.2) is 0 Å². The first-order chi connectivity index (χ1) is 6.23. The first kappa shape index (κ1) is 9.04. The van der Waals surface area contributed by atoms with Crippen LogP contribution in [0.1, 0.15) is 51.9 Å². The maximum atomic E-state index is 11.0. The predicted molar refractivity (Wildman–Crippen MR) is 52.4 cm³/mol. The zero-order valence-electron chi connectivity index (χ0n) is 8.44. The summed E-state index contributed by atoms with van der Waals surface area (Å²) in [5.74, 6) is 0.148. The van der Waals surface area contributed by atoms with E-state index < -0.39 is 0 Å². The van der Waals surface area contributed by atoms with Crippen LogP contribution in [0.25, 0.3) is 0 Å². The molecule has 2 rings (SSSR count). The summed E-state index contributed by atoms with van der Waals surface area (Å²) < 4.78 is 0. The lowest BCUT2D eigenvalue weighted by Crippen LogP contribution is -2.55. The van der Waals surface area contributed by atoms with Gasteiger partial charge in [-0.05, 0) is 31.1 Å². The Kier molecular flexibility index (Phi) is 2.31. The standard InChI is InChI=1S/C11H19NO/c1-9(13)12-10-5-8-11(10)6-3-2-4-7-11/h10H,2-8H2,1H3,(H,12,13). The van der Waals surface area contributed by atoms with E-state index in [0.717, 1.165) is 0 Å². The van der Waals surface area contributed by atoms with Gasteiger partial charge in [0, 0.05) is 13.0 Å². The Bertz CT molecular complexity index is 206. The van der Waals surface area contributed by atoms with Crippen LogP contribution in [0.15, 0.2) is 0 Å². The molecule has 0 aliphatic heterocycles. The molecule has 2 saturated carbocycles. The maximum absolute atomic E-state index is 11.0. The molecule has 0 aromatic rings. The largest absolute Gasteiger partial charge is 0.353 e. The molecule has 2 heteroatoms. The van der Waals surface area contributed by atoms with Gasteiger partial charge < -0.3 is 5.32 Å². The van der Waals surface area contributed by atoms with Gasteiger partial charge in [0.05, 0.1) is 0 Å². The number of amides is 1. The molecule has 1 spiro atoms. The number of carbonyl (C=O) groups excluding carboxylic acids is 1. The Morgan fingerprint density at radius 3 is 2.38 bits per heavy atom. The third kappa shape index (κ3) is 1.59. The van der Waals surface area contributed by atoms with Crippen LogP contribution in [0, 0.1) is 5.41 Å². The molecule has 0 bridgehead atoms. The Balaban J connectivity index is 1.94. The second-order valence-electron chi connectivity index (χ2n) is 4.71. The first-order valence-corrected chi connectivity index (χ1v) is 5.50. The molecule has 0 saturated heterocycles. The SMILES string of the molecule is CC(=O)NC1CCC12CCCCC2. The summed E-state index contributed by atoms with van der Waals surface area (Å²) >= 11 is 0. The average molecular weight is 181 g/mol. The minimum Gasteiger partial charge on any atom is -0.353 e. The fourth-order valence-corrected chi connectivity index (χ4v) is 3.02. The Morgan fingerprint density at radius 2 is 1.92 bits per heavy atom. The van der Waals surface area contributed by atoms with Crippen molar-refractivity contribution in [3.05, 3.63) is 0 Å². The smallest absolute Gasteiger partial charge is 0.217 e. The van der Waals surface area contributed by atoms with Crippen molar-refractivity contribution >= 4 is 5.91 Å². The molecule has 0 aromatic heterocycles. The van der Waals surface area contributed by atoms with Gasteiger partial charge in [-0.15, -0.1) is 0 Å². The number of hydrogen-bond acceptors (Lipinski definition) is 1. The fraction of sp³-hybridized carbons (Fsp3) is 0.909. The fourth-order valence-electron chi connectivity index (χ4n) is 3.02. The van der Waals surface area contributed by atoms with E-state index in [4.69, 9.17) is 0 Å². The van der Waals surface area contributed by atoms with Crippen molar-refractivity contribution < 1.29 is 4.79 Å². The highest BCUT2D eigenvalue weighted by Crippen LogP contribution is 2.51. The normalized spacial score (nSPS) is 31.0. The molecule has 74 valence electrons. The summed E-state index contributed by atoms with van der Waals surface area (Å²) in [6, 6.07) is 0.505. The number of carbonyl (C=O) groups is 1. The van der Waals surface area contributed by atoms with E-state index in [9.17, 15) is 4.79 Å². The summed E-state index contributed by atoms with van der Waals surface area (Å²) in [6.45, 7) is 1.63. The zero-order chi connectivity index (χ0) is 9.31. The van der Waals surface area contributed by atoms with E-state index in [1.54, 1.807) is 6.92 Å². The van der Waals surface area contributed by atoms with Crippen molar-refractivity contribution in [1.29, 1.82) is 0 Å². The van der Waals surface area contributed by atoms with Crippen LogP contribution in [0.4, 0.5) is 0 Å². The van der Waals surface area contributed by atoms with Crippen LogP contribution in [-0.2, 0) is 4.79 Å². The molecule has 1 amide bonds. The summed E-state index contributed by atoms with van der Waals surface area (Å²) in [5.41, 5.74) is 0.518. The molecule has 0 aromatic carbocycles. The quantitative estimate of drug-likeness (QED) is 0.660. The topological polar surface area (TPSA) is 29.1 Å². The van der Waals surface area contributed by atoms with Gasteiger partial charge in [0.2, 0.25) is 5.91 Å². The molecule has 0 heterocycles. The van der Waals surface area contributed by atoms with Gasteiger partial charge in [-0.3, -0.25) is 4.79 Å². The lowest BCUT2D eigenvalue weighted by Gasteiger charge is -2.52. The van der Waals surface area contributed by atoms with Crippen LogP contribution >= 0.6 is 0 Å². The maximum Gasteiger partial charge on any atom is 0.217 e. The van der Waals surface area contributed by atoms with Crippen LogP contribution in [-0.4, -0.2) is 11.9 Å². The minimum atomic E-state index is 0.148. The molecule has 2 nitrogen and oxygen atoms in total. The van der Waals surface area contributed by atoms with Crippen molar-refractivity contribution in [3.8, 4) is 0 Å². The van der Waals surface area contributed by atoms with Crippen LogP contribution < -0.4 is 5.32 Å². The van der Waals surface area contributed by atoms with Crippen molar-refractivity contribution in [2.45, 2.75) is 57.9 Å². The highest BCUT2D eigenvalue weighted by Gasteiger charge is 2.46. The summed E-state index contributed by atoms with van der Waals surface area (Å²) in [6.07, 6.45) is 9.38. The number of rotatable bonds is 1. The molecular weight excluding hydrogens is 162 g/mol. The van der Waals surface area contributed by atoms with Gasteiger partial charge in [-0.1, -0.05) is 19.3 Å². The number of nitrogens with one attached hydrogen (secondary N) is 1. The molecule has 1 atom stereocenters. The van der Waals surface area contributed by atoms with Crippen molar-refractivity contribution in [1.82, 2.24) is 5.32 Å². The van der Waals surface area contributed by atoms with Crippen molar-refractivity contribution in [2.75, 3.05) is 0 Å². The second-order valence-corrected chi connectivity index (χ2v) is 4.71. The predicted octanol–water partition coefficient (Wildman–Crippen LogP) is 2.24. The molecule has 2 aliphatic rings. The first-order valence-electron chi connectivity index (χ1n) is 5.50. The Hall–Kier alpha value is -0.530. The van der Waals surface area contributed by atoms with Gasteiger partial charge in [-0.2, -0.15) is 0 Å². The van der Waals surface area contributed by atoms with Crippen LogP contribution in [0.3, 0.4) is 0 Å². The molecular formula is C11H19NO. The molecule has 2 fully saturated rings. The van der Waals surface area contributed by atoms with Gasteiger partial charge in [0.1, 0.15) is 0 Å². The average Bonchev–Trinajstić information content (AvgIpc) is 2.14. The number of hydrogen-bond donors (Lipinski definition) is 1. The van der Waals surface area contributed by atoms with Crippen molar-refractivity contribution in [3.63, 3.8) is 0 Å². The lowest BCUT2D eigenvalue weighted by molar-refractivity contribution is -0.122. The van der Waals surface area contributed by atoms with E-state index in [0.29, 0.717) is 11.5 Å². The van der Waals surface area contributed by atoms with E-state index in [2.05, 4.69) is 5.32 Å². The summed E-state index contributed by atoms with van der Waals surface area (Å²) in [7, 11) is 0. The van der Waals surface area contributed by atoms with E-state index in [1.165, 1.54) is 44.9 Å². The molecule has 13 heavy (non-hydrogen) atoms.